The number of pyridine rings is 1. The van der Waals surface area contributed by atoms with Crippen LogP contribution >= 0.6 is 0 Å². The molecule has 1 amide bonds. The van der Waals surface area contributed by atoms with Crippen molar-refractivity contribution in [2.45, 2.75) is 0 Å². The van der Waals surface area contributed by atoms with Crippen molar-refractivity contribution in [1.82, 2.24) is 15.2 Å². The second-order valence-corrected chi connectivity index (χ2v) is 8.88. The van der Waals surface area contributed by atoms with Gasteiger partial charge in [-0.2, -0.15) is 0 Å². The first-order valence-electron chi connectivity index (χ1n) is 11.6. The Morgan fingerprint density at radius 2 is 1.64 bits per heavy atom. The summed E-state index contributed by atoms with van der Waals surface area (Å²) in [6.07, 6.45) is 1.94. The number of piperazine rings is 1. The van der Waals surface area contributed by atoms with E-state index in [1.165, 1.54) is 6.07 Å². The molecule has 0 saturated carbocycles. The molecule has 0 unspecified atom stereocenters. The minimum Gasteiger partial charge on any atom is -0.507 e. The Morgan fingerprint density at radius 3 is 2.25 bits per heavy atom. The highest BCUT2D eigenvalue weighted by Gasteiger charge is 2.22. The molecule has 1 aliphatic heterocycles. The first kappa shape index (κ1) is 25.5. The molecule has 0 radical (unpaired) electrons. The van der Waals surface area contributed by atoms with Crippen LogP contribution in [0.5, 0.6) is 5.75 Å². The maximum atomic E-state index is 15.0. The van der Waals surface area contributed by atoms with Crippen LogP contribution < -0.4 is 15.1 Å². The molecule has 7 nitrogen and oxygen atoms in total. The molecule has 3 aromatic rings. The molecule has 0 atom stereocenters. The quantitative estimate of drug-likeness (QED) is 0.463. The SMILES string of the molecule is CN(C)CCN(C=O)c1c(F)cc(-c2cc(F)cc(-c3ccnc(N4CCNCC4)c3)c2O)cc1F. The summed E-state index contributed by atoms with van der Waals surface area (Å²) in [5.74, 6) is -2.30. The van der Waals surface area contributed by atoms with Gasteiger partial charge < -0.3 is 25.1 Å². The van der Waals surface area contributed by atoms with Gasteiger partial charge in [0.05, 0.1) is 0 Å². The molecule has 190 valence electrons. The first-order chi connectivity index (χ1) is 17.3. The zero-order valence-corrected chi connectivity index (χ0v) is 20.1. The summed E-state index contributed by atoms with van der Waals surface area (Å²) in [5, 5.41) is 14.3. The number of phenols is 1. The number of benzene rings is 2. The molecule has 1 aliphatic rings. The highest BCUT2D eigenvalue weighted by molar-refractivity contribution is 5.84. The van der Waals surface area contributed by atoms with Crippen LogP contribution in [0, 0.1) is 17.5 Å². The number of phenolic OH excluding ortho intramolecular Hbond substituents is 1. The van der Waals surface area contributed by atoms with E-state index in [0.717, 1.165) is 49.3 Å². The van der Waals surface area contributed by atoms with E-state index in [0.29, 0.717) is 24.3 Å². The van der Waals surface area contributed by atoms with Gasteiger partial charge in [-0.25, -0.2) is 18.2 Å². The Labute approximate surface area is 207 Å². The van der Waals surface area contributed by atoms with Crippen molar-refractivity contribution in [2.24, 2.45) is 0 Å². The van der Waals surface area contributed by atoms with Crippen molar-refractivity contribution in [2.75, 3.05) is 63.2 Å². The Kier molecular flexibility index (Phi) is 7.76. The number of hydrogen-bond donors (Lipinski definition) is 2. The molecule has 36 heavy (non-hydrogen) atoms. The highest BCUT2D eigenvalue weighted by atomic mass is 19.1. The molecule has 2 N–H and O–H groups in total. The van der Waals surface area contributed by atoms with Gasteiger partial charge in [0.2, 0.25) is 6.41 Å². The van der Waals surface area contributed by atoms with Crippen molar-refractivity contribution in [3.63, 3.8) is 0 Å². The summed E-state index contributed by atoms with van der Waals surface area (Å²) in [5.41, 5.74) is 0.0727. The summed E-state index contributed by atoms with van der Waals surface area (Å²) in [6.45, 7) is 3.62. The Bertz CT molecular complexity index is 1230. The van der Waals surface area contributed by atoms with Crippen LogP contribution in [0.25, 0.3) is 22.3 Å². The lowest BCUT2D eigenvalue weighted by Crippen LogP contribution is -2.43. The molecule has 10 heteroatoms. The number of halogens is 3. The standard InChI is InChI=1S/C26H28F3N5O2/c1-32(2)9-10-34(16-35)25-22(28)11-18(12-23(25)29)21-15-19(27)14-20(26(21)36)17-3-4-31-24(13-17)33-7-5-30-6-8-33/h3-4,11-16,30,36H,5-10H2,1-2H3. The van der Waals surface area contributed by atoms with Crippen LogP contribution in [-0.2, 0) is 4.79 Å². The van der Waals surface area contributed by atoms with Gasteiger partial charge in [-0.3, -0.25) is 4.79 Å². The van der Waals surface area contributed by atoms with E-state index in [2.05, 4.69) is 15.2 Å². The summed E-state index contributed by atoms with van der Waals surface area (Å²) in [6, 6.07) is 7.56. The minimum absolute atomic E-state index is 0.0538. The van der Waals surface area contributed by atoms with Crippen LogP contribution in [0.2, 0.25) is 0 Å². The molecular formula is C26H28F3N5O2. The summed E-state index contributed by atoms with van der Waals surface area (Å²) < 4.78 is 44.7. The van der Waals surface area contributed by atoms with Gasteiger partial charge in [0.15, 0.2) is 11.6 Å². The summed E-state index contributed by atoms with van der Waals surface area (Å²) in [7, 11) is 3.55. The van der Waals surface area contributed by atoms with Gasteiger partial charge >= 0.3 is 0 Å². The topological polar surface area (TPSA) is 71.9 Å². The van der Waals surface area contributed by atoms with Gasteiger partial charge in [-0.05, 0) is 61.6 Å². The average Bonchev–Trinajstić information content (AvgIpc) is 2.87. The Morgan fingerprint density at radius 1 is 1.00 bits per heavy atom. The molecule has 4 rings (SSSR count). The molecule has 1 aromatic heterocycles. The molecule has 2 aromatic carbocycles. The van der Waals surface area contributed by atoms with Crippen molar-refractivity contribution in [3.8, 4) is 28.0 Å². The van der Waals surface area contributed by atoms with Gasteiger partial charge in [0, 0.05) is 56.6 Å². The number of carbonyl (C=O) groups excluding carboxylic acids is 1. The number of amides is 1. The number of anilines is 2. The zero-order chi connectivity index (χ0) is 25.8. The molecule has 0 bridgehead atoms. The Hall–Kier alpha value is -3.63. The van der Waals surface area contributed by atoms with E-state index in [9.17, 15) is 14.3 Å². The second-order valence-electron chi connectivity index (χ2n) is 8.88. The van der Waals surface area contributed by atoms with E-state index in [1.807, 2.05) is 0 Å². The lowest BCUT2D eigenvalue weighted by atomic mass is 9.96. The first-order valence-corrected chi connectivity index (χ1v) is 11.6. The Balaban J connectivity index is 1.72. The molecule has 0 aliphatic carbocycles. The van der Waals surface area contributed by atoms with Crippen LogP contribution in [-0.4, -0.2) is 74.8 Å². The number of likely N-dealkylation sites (N-methyl/N-ethyl adjacent to an activating group) is 1. The fourth-order valence-corrected chi connectivity index (χ4v) is 4.21. The number of hydrogen-bond acceptors (Lipinski definition) is 6. The predicted octanol–water partition coefficient (Wildman–Crippen LogP) is 3.47. The number of nitrogens with zero attached hydrogens (tertiary/aromatic N) is 4. The van der Waals surface area contributed by atoms with Gasteiger partial charge in [0.25, 0.3) is 0 Å². The molecule has 1 saturated heterocycles. The van der Waals surface area contributed by atoms with E-state index in [4.69, 9.17) is 0 Å². The lowest BCUT2D eigenvalue weighted by Gasteiger charge is -2.28. The predicted molar refractivity (Wildman–Crippen MR) is 134 cm³/mol. The monoisotopic (exact) mass is 499 g/mol. The van der Waals surface area contributed by atoms with Gasteiger partial charge in [-0.15, -0.1) is 0 Å². The number of aromatic hydroxyl groups is 1. The molecular weight excluding hydrogens is 471 g/mol. The third kappa shape index (κ3) is 5.44. The van der Waals surface area contributed by atoms with Crippen molar-refractivity contribution in [3.05, 3.63) is 60.0 Å². The van der Waals surface area contributed by atoms with Gasteiger partial charge in [-0.1, -0.05) is 0 Å². The van der Waals surface area contributed by atoms with Crippen molar-refractivity contribution >= 4 is 17.9 Å². The largest absolute Gasteiger partial charge is 0.507 e. The van der Waals surface area contributed by atoms with E-state index >= 15 is 8.78 Å². The third-order valence-electron chi connectivity index (χ3n) is 6.10. The average molecular weight is 500 g/mol. The number of aromatic nitrogens is 1. The third-order valence-corrected chi connectivity index (χ3v) is 6.10. The van der Waals surface area contributed by atoms with E-state index in [1.54, 1.807) is 37.3 Å². The molecule has 1 fully saturated rings. The maximum Gasteiger partial charge on any atom is 0.214 e. The van der Waals surface area contributed by atoms with Crippen LogP contribution in [0.15, 0.2) is 42.6 Å². The van der Waals surface area contributed by atoms with Gasteiger partial charge in [0.1, 0.15) is 23.1 Å². The summed E-state index contributed by atoms with van der Waals surface area (Å²) >= 11 is 0. The van der Waals surface area contributed by atoms with E-state index in [-0.39, 0.29) is 29.0 Å². The lowest BCUT2D eigenvalue weighted by molar-refractivity contribution is -0.107. The fraction of sp³-hybridized carbons (Fsp3) is 0.308. The maximum absolute atomic E-state index is 15.0. The molecule has 0 spiro atoms. The minimum atomic E-state index is -0.994. The van der Waals surface area contributed by atoms with Crippen LogP contribution in [0.4, 0.5) is 24.7 Å². The normalized spacial score (nSPS) is 13.8. The van der Waals surface area contributed by atoms with Crippen molar-refractivity contribution < 1.29 is 23.1 Å². The number of carbonyl (C=O) groups is 1. The highest BCUT2D eigenvalue weighted by Crippen LogP contribution is 2.41. The number of rotatable bonds is 8. The summed E-state index contributed by atoms with van der Waals surface area (Å²) in [4.78, 5) is 20.7. The van der Waals surface area contributed by atoms with Crippen LogP contribution in [0.3, 0.4) is 0 Å². The second kappa shape index (κ2) is 11.0. The van der Waals surface area contributed by atoms with E-state index < -0.39 is 23.1 Å². The zero-order valence-electron chi connectivity index (χ0n) is 20.1. The smallest absolute Gasteiger partial charge is 0.214 e. The molecule has 2 heterocycles. The fourth-order valence-electron chi connectivity index (χ4n) is 4.21. The number of nitrogens with one attached hydrogen (secondary N) is 1. The van der Waals surface area contributed by atoms with Crippen molar-refractivity contribution in [1.29, 1.82) is 0 Å². The van der Waals surface area contributed by atoms with Crippen LogP contribution in [0.1, 0.15) is 0 Å².